The number of nitrogens with two attached hydrogens (primary N) is 1. The van der Waals surface area contributed by atoms with Crippen molar-refractivity contribution in [2.75, 3.05) is 32.1 Å². The van der Waals surface area contributed by atoms with Gasteiger partial charge in [0.25, 0.3) is 5.91 Å². The van der Waals surface area contributed by atoms with E-state index in [9.17, 15) is 13.2 Å². The zero-order valence-corrected chi connectivity index (χ0v) is 16.3. The number of amides is 1. The Balaban J connectivity index is 1.80. The summed E-state index contributed by atoms with van der Waals surface area (Å²) >= 11 is 0. The van der Waals surface area contributed by atoms with Gasteiger partial charge in [-0.05, 0) is 43.9 Å². The number of hydrogen-bond donors (Lipinski definition) is 2. The Kier molecular flexibility index (Phi) is 6.36. The smallest absolute Gasteiger partial charge is 0.253 e. The van der Waals surface area contributed by atoms with Gasteiger partial charge in [0.1, 0.15) is 16.7 Å². The van der Waals surface area contributed by atoms with Crippen LogP contribution in [0.4, 0.5) is 5.69 Å². The summed E-state index contributed by atoms with van der Waals surface area (Å²) in [4.78, 5) is 12.5. The maximum absolute atomic E-state index is 13.0. The minimum atomic E-state index is -3.69. The molecule has 1 aromatic carbocycles. The average molecular weight is 397 g/mol. The fourth-order valence-electron chi connectivity index (χ4n) is 3.50. The highest BCUT2D eigenvalue weighted by Crippen LogP contribution is 2.31. The third kappa shape index (κ3) is 4.43. The van der Waals surface area contributed by atoms with Crippen molar-refractivity contribution in [3.63, 3.8) is 0 Å². The lowest BCUT2D eigenvalue weighted by Gasteiger charge is -2.26. The molecule has 2 saturated heterocycles. The number of benzene rings is 1. The molecule has 2 aliphatic rings. The van der Waals surface area contributed by atoms with Gasteiger partial charge < -0.3 is 20.5 Å². The van der Waals surface area contributed by atoms with Gasteiger partial charge in [0.15, 0.2) is 0 Å². The van der Waals surface area contributed by atoms with Crippen molar-refractivity contribution in [1.29, 1.82) is 0 Å². The molecule has 0 spiro atoms. The lowest BCUT2D eigenvalue weighted by molar-refractivity contribution is -0.126. The number of nitrogens with zero attached hydrogens (tertiary/aromatic N) is 1. The van der Waals surface area contributed by atoms with E-state index in [2.05, 4.69) is 5.32 Å². The zero-order chi connectivity index (χ0) is 19.4. The Labute approximate surface area is 160 Å². The van der Waals surface area contributed by atoms with E-state index in [0.717, 1.165) is 25.7 Å². The van der Waals surface area contributed by atoms with Crippen LogP contribution in [0.25, 0.3) is 0 Å². The third-order valence-electron chi connectivity index (χ3n) is 5.03. The topological polar surface area (TPSA) is 111 Å². The lowest BCUT2D eigenvalue weighted by Crippen LogP contribution is -2.36. The Morgan fingerprint density at radius 1 is 1.30 bits per heavy atom. The minimum Gasteiger partial charge on any atom is -0.495 e. The van der Waals surface area contributed by atoms with Crippen molar-refractivity contribution >= 4 is 21.6 Å². The number of piperidine rings is 1. The Morgan fingerprint density at radius 2 is 2.04 bits per heavy atom. The van der Waals surface area contributed by atoms with E-state index in [1.807, 2.05) is 0 Å². The second-order valence-corrected chi connectivity index (χ2v) is 8.79. The van der Waals surface area contributed by atoms with Gasteiger partial charge >= 0.3 is 0 Å². The van der Waals surface area contributed by atoms with Crippen molar-refractivity contribution in [3.8, 4) is 5.75 Å². The number of anilines is 1. The second-order valence-electron chi connectivity index (χ2n) is 6.88. The molecule has 2 heterocycles. The molecule has 3 rings (SSSR count). The van der Waals surface area contributed by atoms with Crippen LogP contribution in [0.15, 0.2) is 23.1 Å². The number of rotatable bonds is 6. The van der Waals surface area contributed by atoms with Gasteiger partial charge in [0, 0.05) is 25.3 Å². The molecule has 0 radical (unpaired) electrons. The molecule has 0 bridgehead atoms. The summed E-state index contributed by atoms with van der Waals surface area (Å²) in [6.45, 7) is 1.38. The molecule has 27 heavy (non-hydrogen) atoms. The number of carbonyl (C=O) groups is 1. The summed E-state index contributed by atoms with van der Waals surface area (Å²) in [5.74, 6) is -0.0312. The fourth-order valence-corrected chi connectivity index (χ4v) is 5.19. The number of hydrogen-bond acceptors (Lipinski definition) is 6. The predicted octanol–water partition coefficient (Wildman–Crippen LogP) is 1.31. The summed E-state index contributed by atoms with van der Waals surface area (Å²) in [5.41, 5.74) is 5.98. The highest BCUT2D eigenvalue weighted by molar-refractivity contribution is 7.89. The van der Waals surface area contributed by atoms with Crippen molar-refractivity contribution in [2.24, 2.45) is 5.73 Å². The van der Waals surface area contributed by atoms with Crippen molar-refractivity contribution in [2.45, 2.75) is 49.2 Å². The maximum atomic E-state index is 13.0. The van der Waals surface area contributed by atoms with Crippen LogP contribution in [-0.2, 0) is 19.6 Å². The largest absolute Gasteiger partial charge is 0.495 e. The van der Waals surface area contributed by atoms with E-state index in [1.54, 1.807) is 12.1 Å². The molecule has 0 unspecified atom stereocenters. The highest BCUT2D eigenvalue weighted by atomic mass is 32.2. The summed E-state index contributed by atoms with van der Waals surface area (Å²) in [7, 11) is -2.25. The van der Waals surface area contributed by atoms with Gasteiger partial charge in [-0.1, -0.05) is 6.42 Å². The van der Waals surface area contributed by atoms with Crippen LogP contribution in [0.3, 0.4) is 0 Å². The van der Waals surface area contributed by atoms with Crippen LogP contribution in [0.5, 0.6) is 5.75 Å². The normalized spacial score (nSPS) is 23.9. The van der Waals surface area contributed by atoms with Crippen LogP contribution in [-0.4, -0.2) is 57.6 Å². The zero-order valence-electron chi connectivity index (χ0n) is 15.5. The van der Waals surface area contributed by atoms with Crippen LogP contribution in [0.1, 0.15) is 32.1 Å². The molecular weight excluding hydrogens is 370 g/mol. The summed E-state index contributed by atoms with van der Waals surface area (Å²) in [5, 5.41) is 2.75. The first-order valence-electron chi connectivity index (χ1n) is 9.30. The monoisotopic (exact) mass is 397 g/mol. The van der Waals surface area contributed by atoms with Crippen molar-refractivity contribution < 1.29 is 22.7 Å². The molecule has 1 amide bonds. The SMILES string of the molecule is COc1ccc(NC(=O)[C@@H]2CC[C@H](CN)O2)cc1S(=O)(=O)N1CCCCC1. The highest BCUT2D eigenvalue weighted by Gasteiger charge is 2.31. The first-order valence-corrected chi connectivity index (χ1v) is 10.7. The summed E-state index contributed by atoms with van der Waals surface area (Å²) in [6.07, 6.45) is 3.40. The number of carbonyl (C=O) groups excluding carboxylic acids is 1. The standard InChI is InChI=1S/C18H27N3O5S/c1-25-15-7-5-13(20-18(22)16-8-6-14(12-19)26-16)11-17(15)27(23,24)21-9-3-2-4-10-21/h5,7,11,14,16H,2-4,6,8-10,12,19H2,1H3,(H,20,22)/t14-,16+/m1/s1. The van der Waals surface area contributed by atoms with E-state index in [1.165, 1.54) is 17.5 Å². The molecule has 0 aromatic heterocycles. The van der Waals surface area contributed by atoms with E-state index < -0.39 is 16.1 Å². The Bertz CT molecular complexity index is 777. The average Bonchev–Trinajstić information content (AvgIpc) is 3.18. The summed E-state index contributed by atoms with van der Waals surface area (Å²) < 4.78 is 38.4. The summed E-state index contributed by atoms with van der Waals surface area (Å²) in [6, 6.07) is 4.64. The molecule has 0 aliphatic carbocycles. The molecule has 3 N–H and O–H groups in total. The minimum absolute atomic E-state index is 0.0666. The van der Waals surface area contributed by atoms with Gasteiger partial charge in [-0.2, -0.15) is 4.31 Å². The molecule has 2 aliphatic heterocycles. The van der Waals surface area contributed by atoms with E-state index >= 15 is 0 Å². The van der Waals surface area contributed by atoms with E-state index in [0.29, 0.717) is 31.7 Å². The Morgan fingerprint density at radius 3 is 2.67 bits per heavy atom. The maximum Gasteiger partial charge on any atom is 0.253 e. The molecule has 0 saturated carbocycles. The molecule has 8 nitrogen and oxygen atoms in total. The van der Waals surface area contributed by atoms with Crippen LogP contribution in [0, 0.1) is 0 Å². The Hall–Kier alpha value is -1.68. The number of methoxy groups -OCH3 is 1. The van der Waals surface area contributed by atoms with Gasteiger partial charge in [-0.15, -0.1) is 0 Å². The van der Waals surface area contributed by atoms with Crippen molar-refractivity contribution in [1.82, 2.24) is 4.31 Å². The molecular formula is C18H27N3O5S. The van der Waals surface area contributed by atoms with Gasteiger partial charge in [0.05, 0.1) is 13.2 Å². The van der Waals surface area contributed by atoms with E-state index in [-0.39, 0.29) is 22.7 Å². The number of nitrogens with one attached hydrogen (secondary N) is 1. The number of ether oxygens (including phenoxy) is 2. The molecule has 1 aromatic rings. The van der Waals surface area contributed by atoms with Crippen LogP contribution in [0.2, 0.25) is 0 Å². The molecule has 2 fully saturated rings. The van der Waals surface area contributed by atoms with Gasteiger partial charge in [-0.25, -0.2) is 8.42 Å². The van der Waals surface area contributed by atoms with Crippen molar-refractivity contribution in [3.05, 3.63) is 18.2 Å². The quantitative estimate of drug-likeness (QED) is 0.749. The number of sulfonamides is 1. The van der Waals surface area contributed by atoms with Crippen LogP contribution < -0.4 is 15.8 Å². The third-order valence-corrected chi connectivity index (χ3v) is 6.95. The first-order chi connectivity index (χ1) is 13.0. The van der Waals surface area contributed by atoms with E-state index in [4.69, 9.17) is 15.2 Å². The lowest BCUT2D eigenvalue weighted by atomic mass is 10.2. The fraction of sp³-hybridized carbons (Fsp3) is 0.611. The second kappa shape index (κ2) is 8.55. The predicted molar refractivity (Wildman–Crippen MR) is 101 cm³/mol. The van der Waals surface area contributed by atoms with Crippen LogP contribution >= 0.6 is 0 Å². The van der Waals surface area contributed by atoms with Gasteiger partial charge in [-0.3, -0.25) is 4.79 Å². The molecule has 150 valence electrons. The molecule has 2 atom stereocenters. The van der Waals surface area contributed by atoms with Gasteiger partial charge in [0.2, 0.25) is 10.0 Å². The first kappa shape index (κ1) is 20.1. The molecule has 9 heteroatoms.